The first-order valence-electron chi connectivity index (χ1n) is 10.4. The summed E-state index contributed by atoms with van der Waals surface area (Å²) in [5.41, 5.74) is 3.35. The van der Waals surface area contributed by atoms with E-state index in [1.807, 2.05) is 61.5 Å². The standard InChI is InChI=1S/C24H22N4O3/c1-16-7-9-18(10-8-16)22-25-23(31-27-22)19-11-13-28(14-12-19)24(29)20-15-21(30-26-20)17-5-3-2-4-6-17/h2-10,15,19H,11-14H2,1H3. The van der Waals surface area contributed by atoms with E-state index in [0.717, 1.165) is 24.0 Å². The molecule has 1 saturated heterocycles. The molecular weight excluding hydrogens is 392 g/mol. The minimum atomic E-state index is -0.116. The van der Waals surface area contributed by atoms with Gasteiger partial charge in [0.05, 0.1) is 0 Å². The zero-order valence-corrected chi connectivity index (χ0v) is 17.2. The molecule has 7 nitrogen and oxygen atoms in total. The Bertz CT molecular complexity index is 1170. The van der Waals surface area contributed by atoms with Gasteiger partial charge in [0, 0.05) is 36.2 Å². The summed E-state index contributed by atoms with van der Waals surface area (Å²) in [4.78, 5) is 19.3. The molecule has 0 radical (unpaired) electrons. The van der Waals surface area contributed by atoms with Crippen molar-refractivity contribution >= 4 is 5.91 Å². The molecule has 0 aliphatic carbocycles. The van der Waals surface area contributed by atoms with Gasteiger partial charge in [-0.3, -0.25) is 4.79 Å². The van der Waals surface area contributed by atoms with Crippen LogP contribution in [0.1, 0.15) is 40.7 Å². The third-order valence-corrected chi connectivity index (χ3v) is 5.67. The maximum Gasteiger partial charge on any atom is 0.276 e. The lowest BCUT2D eigenvalue weighted by Gasteiger charge is -2.29. The smallest absolute Gasteiger partial charge is 0.276 e. The van der Waals surface area contributed by atoms with Crippen molar-refractivity contribution < 1.29 is 13.8 Å². The monoisotopic (exact) mass is 414 g/mol. The average molecular weight is 414 g/mol. The van der Waals surface area contributed by atoms with Crippen LogP contribution < -0.4 is 0 Å². The number of nitrogens with zero attached hydrogens (tertiary/aromatic N) is 4. The van der Waals surface area contributed by atoms with E-state index in [-0.39, 0.29) is 11.8 Å². The van der Waals surface area contributed by atoms with Gasteiger partial charge >= 0.3 is 0 Å². The number of hydrogen-bond donors (Lipinski definition) is 0. The van der Waals surface area contributed by atoms with Gasteiger partial charge in [-0.25, -0.2) is 0 Å². The predicted octanol–water partition coefficient (Wildman–Crippen LogP) is 4.72. The van der Waals surface area contributed by atoms with Crippen LogP contribution in [-0.4, -0.2) is 39.2 Å². The summed E-state index contributed by atoms with van der Waals surface area (Å²) in [6, 6.07) is 19.4. The van der Waals surface area contributed by atoms with Crippen LogP contribution >= 0.6 is 0 Å². The van der Waals surface area contributed by atoms with Gasteiger partial charge in [-0.05, 0) is 19.8 Å². The molecular formula is C24H22N4O3. The number of aryl methyl sites for hydroxylation is 1. The Balaban J connectivity index is 1.22. The largest absolute Gasteiger partial charge is 0.355 e. The van der Waals surface area contributed by atoms with Gasteiger partial charge in [0.1, 0.15) is 0 Å². The Morgan fingerprint density at radius 2 is 1.68 bits per heavy atom. The van der Waals surface area contributed by atoms with Crippen LogP contribution in [0.4, 0.5) is 0 Å². The zero-order chi connectivity index (χ0) is 21.2. The highest BCUT2D eigenvalue weighted by Crippen LogP contribution is 2.29. The van der Waals surface area contributed by atoms with Crippen LogP contribution in [-0.2, 0) is 0 Å². The molecule has 1 aliphatic heterocycles. The molecule has 4 aromatic rings. The Kier molecular flexibility index (Phi) is 5.08. The molecule has 0 bridgehead atoms. The summed E-state index contributed by atoms with van der Waals surface area (Å²) < 4.78 is 10.9. The van der Waals surface area contributed by atoms with E-state index in [0.29, 0.717) is 36.3 Å². The quantitative estimate of drug-likeness (QED) is 0.480. The summed E-state index contributed by atoms with van der Waals surface area (Å²) in [5.74, 6) is 1.86. The fraction of sp³-hybridized carbons (Fsp3) is 0.250. The zero-order valence-electron chi connectivity index (χ0n) is 17.2. The van der Waals surface area contributed by atoms with Crippen LogP contribution in [0.3, 0.4) is 0 Å². The second-order valence-corrected chi connectivity index (χ2v) is 7.83. The number of likely N-dealkylation sites (tertiary alicyclic amines) is 1. The summed E-state index contributed by atoms with van der Waals surface area (Å²) in [5, 5.41) is 8.12. The van der Waals surface area contributed by atoms with Crippen molar-refractivity contribution in [1.29, 1.82) is 0 Å². The minimum absolute atomic E-state index is 0.116. The van der Waals surface area contributed by atoms with Gasteiger partial charge in [0.2, 0.25) is 11.7 Å². The Morgan fingerprint density at radius 1 is 0.935 bits per heavy atom. The van der Waals surface area contributed by atoms with Crippen molar-refractivity contribution in [2.75, 3.05) is 13.1 Å². The van der Waals surface area contributed by atoms with Gasteiger partial charge in [0.15, 0.2) is 11.5 Å². The van der Waals surface area contributed by atoms with E-state index in [1.54, 1.807) is 11.0 Å². The first-order valence-corrected chi connectivity index (χ1v) is 10.4. The molecule has 0 unspecified atom stereocenters. The molecule has 2 aromatic heterocycles. The summed E-state index contributed by atoms with van der Waals surface area (Å²) in [7, 11) is 0. The fourth-order valence-corrected chi connectivity index (χ4v) is 3.83. The summed E-state index contributed by atoms with van der Waals surface area (Å²) in [6.07, 6.45) is 1.54. The molecule has 0 atom stereocenters. The average Bonchev–Trinajstić information content (AvgIpc) is 3.50. The van der Waals surface area contributed by atoms with Gasteiger partial charge in [-0.2, -0.15) is 4.98 Å². The highest BCUT2D eigenvalue weighted by atomic mass is 16.5. The number of amides is 1. The molecule has 0 saturated carbocycles. The minimum Gasteiger partial charge on any atom is -0.355 e. The summed E-state index contributed by atoms with van der Waals surface area (Å²) in [6.45, 7) is 3.26. The van der Waals surface area contributed by atoms with E-state index < -0.39 is 0 Å². The number of benzene rings is 2. The van der Waals surface area contributed by atoms with Crippen molar-refractivity contribution in [2.45, 2.75) is 25.7 Å². The molecule has 1 amide bonds. The molecule has 7 heteroatoms. The highest BCUT2D eigenvalue weighted by Gasteiger charge is 2.29. The first-order chi connectivity index (χ1) is 15.2. The maximum absolute atomic E-state index is 12.9. The Hall–Kier alpha value is -3.74. The Morgan fingerprint density at radius 3 is 2.42 bits per heavy atom. The molecule has 0 N–H and O–H groups in total. The Labute approximate surface area is 179 Å². The third-order valence-electron chi connectivity index (χ3n) is 5.67. The van der Waals surface area contributed by atoms with Crippen LogP contribution in [0.5, 0.6) is 0 Å². The van der Waals surface area contributed by atoms with Crippen molar-refractivity contribution in [3.8, 4) is 22.7 Å². The molecule has 5 rings (SSSR count). The molecule has 156 valence electrons. The van der Waals surface area contributed by atoms with E-state index >= 15 is 0 Å². The number of aromatic nitrogens is 3. The lowest BCUT2D eigenvalue weighted by atomic mass is 9.96. The molecule has 1 aliphatic rings. The number of carbonyl (C=O) groups excluding carboxylic acids is 1. The van der Waals surface area contributed by atoms with Gasteiger partial charge in [0.25, 0.3) is 5.91 Å². The first kappa shape index (κ1) is 19.2. The van der Waals surface area contributed by atoms with Gasteiger partial charge in [-0.15, -0.1) is 0 Å². The van der Waals surface area contributed by atoms with Gasteiger partial charge < -0.3 is 13.9 Å². The lowest BCUT2D eigenvalue weighted by Crippen LogP contribution is -2.38. The number of piperidine rings is 1. The van der Waals surface area contributed by atoms with E-state index in [9.17, 15) is 4.79 Å². The van der Waals surface area contributed by atoms with Crippen LogP contribution in [0.15, 0.2) is 69.7 Å². The van der Waals surface area contributed by atoms with Crippen LogP contribution in [0.2, 0.25) is 0 Å². The third kappa shape index (κ3) is 3.99. The van der Waals surface area contributed by atoms with Crippen LogP contribution in [0, 0.1) is 6.92 Å². The highest BCUT2D eigenvalue weighted by molar-refractivity contribution is 5.93. The van der Waals surface area contributed by atoms with E-state index in [4.69, 9.17) is 9.05 Å². The molecule has 1 fully saturated rings. The van der Waals surface area contributed by atoms with Crippen LogP contribution in [0.25, 0.3) is 22.7 Å². The molecule has 3 heterocycles. The number of carbonyl (C=O) groups is 1. The van der Waals surface area contributed by atoms with Crippen molar-refractivity contribution in [2.24, 2.45) is 0 Å². The van der Waals surface area contributed by atoms with Crippen molar-refractivity contribution in [1.82, 2.24) is 20.2 Å². The van der Waals surface area contributed by atoms with Gasteiger partial charge in [-0.1, -0.05) is 70.5 Å². The van der Waals surface area contributed by atoms with Crippen molar-refractivity contribution in [3.63, 3.8) is 0 Å². The molecule has 0 spiro atoms. The summed E-state index contributed by atoms with van der Waals surface area (Å²) >= 11 is 0. The SMILES string of the molecule is Cc1ccc(-c2noc(C3CCN(C(=O)c4cc(-c5ccccc5)on4)CC3)n2)cc1. The van der Waals surface area contributed by atoms with E-state index in [1.165, 1.54) is 5.56 Å². The fourth-order valence-electron chi connectivity index (χ4n) is 3.83. The van der Waals surface area contributed by atoms with Crippen molar-refractivity contribution in [3.05, 3.63) is 77.8 Å². The maximum atomic E-state index is 12.9. The number of rotatable bonds is 4. The predicted molar refractivity (Wildman–Crippen MR) is 114 cm³/mol. The lowest BCUT2D eigenvalue weighted by molar-refractivity contribution is 0.0694. The molecule has 31 heavy (non-hydrogen) atoms. The number of hydrogen-bond acceptors (Lipinski definition) is 6. The normalized spacial score (nSPS) is 14.7. The van der Waals surface area contributed by atoms with E-state index in [2.05, 4.69) is 15.3 Å². The second-order valence-electron chi connectivity index (χ2n) is 7.83. The second kappa shape index (κ2) is 8.18. The molecule has 2 aromatic carbocycles. The topological polar surface area (TPSA) is 85.3 Å².